The maximum Gasteiger partial charge on any atom is 0.342 e. The molecule has 0 spiro atoms. The molecule has 0 aliphatic heterocycles. The summed E-state index contributed by atoms with van der Waals surface area (Å²) in [6.07, 6.45) is 3.11. The number of nitrogens with zero attached hydrogens (tertiary/aromatic N) is 1. The van der Waals surface area contributed by atoms with Crippen molar-refractivity contribution in [2.45, 2.75) is 96.3 Å². The van der Waals surface area contributed by atoms with Crippen molar-refractivity contribution in [2.75, 3.05) is 0 Å². The zero-order valence-corrected chi connectivity index (χ0v) is 18.8. The molecule has 1 aliphatic rings. The molecule has 0 unspecified atom stereocenters. The molecule has 2 rings (SSSR count). The monoisotopic (exact) mass is 419 g/mol. The summed E-state index contributed by atoms with van der Waals surface area (Å²) in [6, 6.07) is 8.85. The third-order valence-corrected chi connectivity index (χ3v) is 6.75. The molecule has 6 nitrogen and oxygen atoms in total. The van der Waals surface area contributed by atoms with Crippen LogP contribution < -0.4 is 0 Å². The van der Waals surface area contributed by atoms with Gasteiger partial charge in [-0.1, -0.05) is 77.3 Å². The first kappa shape index (κ1) is 24.3. The Morgan fingerprint density at radius 3 is 2.53 bits per heavy atom. The minimum atomic E-state index is -1.73. The molecule has 168 valence electrons. The maximum absolute atomic E-state index is 12.7. The summed E-state index contributed by atoms with van der Waals surface area (Å²) >= 11 is 0. The molecular weight excluding hydrogens is 382 g/mol. The second kappa shape index (κ2) is 10.9. The van der Waals surface area contributed by atoms with Gasteiger partial charge in [-0.3, -0.25) is 10.1 Å². The number of unbranched alkanes of at least 4 members (excludes halogenated alkanes) is 2. The molecule has 1 fully saturated rings. The molecule has 0 bridgehead atoms. The lowest BCUT2D eigenvalue weighted by molar-refractivity contribution is -0.532. The fourth-order valence-corrected chi connectivity index (χ4v) is 4.72. The van der Waals surface area contributed by atoms with Gasteiger partial charge in [-0.15, -0.1) is 0 Å². The molecule has 1 aromatic carbocycles. The summed E-state index contributed by atoms with van der Waals surface area (Å²) in [4.78, 5) is 23.6. The van der Waals surface area contributed by atoms with Crippen molar-refractivity contribution in [3.8, 4) is 0 Å². The third-order valence-electron chi connectivity index (χ3n) is 6.75. The van der Waals surface area contributed by atoms with Gasteiger partial charge in [0, 0.05) is 17.3 Å². The zero-order chi connectivity index (χ0) is 22.3. The normalized spacial score (nSPS) is 24.1. The standard InChI is InChI=1S/C24H37NO5/c1-5-6-8-13-20(25(28)29)22(26)23(27)30-21-16-17(2)14-15-19(21)24(3,4)18-11-9-7-10-12-18/h7,9-12,17,19-22,26H,5-6,8,13-16H2,1-4H3/t17-,19-,20-,21-,22+/m1/s1. The van der Waals surface area contributed by atoms with Gasteiger partial charge in [0.15, 0.2) is 0 Å². The Morgan fingerprint density at radius 1 is 1.27 bits per heavy atom. The smallest absolute Gasteiger partial charge is 0.342 e. The van der Waals surface area contributed by atoms with Crippen molar-refractivity contribution in [3.63, 3.8) is 0 Å². The fraction of sp³-hybridized carbons (Fsp3) is 0.708. The number of aliphatic hydroxyl groups is 1. The largest absolute Gasteiger partial charge is 0.460 e. The van der Waals surface area contributed by atoms with Crippen LogP contribution in [0.1, 0.15) is 78.2 Å². The Hall–Kier alpha value is -1.95. The first-order valence-corrected chi connectivity index (χ1v) is 11.3. The molecule has 6 heteroatoms. The van der Waals surface area contributed by atoms with Crippen LogP contribution in [0.15, 0.2) is 30.3 Å². The van der Waals surface area contributed by atoms with Gasteiger partial charge < -0.3 is 9.84 Å². The van der Waals surface area contributed by atoms with E-state index in [0.29, 0.717) is 18.8 Å². The molecule has 0 radical (unpaired) electrons. The molecular formula is C24H37NO5. The Bertz CT molecular complexity index is 690. The first-order valence-electron chi connectivity index (χ1n) is 11.3. The molecule has 1 aromatic rings. The van der Waals surface area contributed by atoms with Crippen LogP contribution in [-0.2, 0) is 14.9 Å². The molecule has 0 saturated heterocycles. The predicted molar refractivity (Wildman–Crippen MR) is 117 cm³/mol. The van der Waals surface area contributed by atoms with Crippen molar-refractivity contribution < 1.29 is 19.6 Å². The Labute approximate surface area is 180 Å². The maximum atomic E-state index is 12.7. The van der Waals surface area contributed by atoms with Gasteiger partial charge in [0.1, 0.15) is 6.10 Å². The Balaban J connectivity index is 2.15. The molecule has 1 N–H and O–H groups in total. The molecule has 1 aliphatic carbocycles. The second-order valence-electron chi connectivity index (χ2n) is 9.38. The molecule has 0 amide bonds. The van der Waals surface area contributed by atoms with Crippen molar-refractivity contribution in [2.24, 2.45) is 11.8 Å². The quantitative estimate of drug-likeness (QED) is 0.252. The highest BCUT2D eigenvalue weighted by Crippen LogP contribution is 2.43. The number of hydrogen-bond acceptors (Lipinski definition) is 5. The number of esters is 1. The van der Waals surface area contributed by atoms with Crippen LogP contribution in [0.2, 0.25) is 0 Å². The summed E-state index contributed by atoms with van der Waals surface area (Å²) < 4.78 is 5.79. The average Bonchev–Trinajstić information content (AvgIpc) is 2.71. The highest BCUT2D eigenvalue weighted by Gasteiger charge is 2.44. The number of benzene rings is 1. The zero-order valence-electron chi connectivity index (χ0n) is 18.8. The van der Waals surface area contributed by atoms with Gasteiger partial charge in [0.25, 0.3) is 0 Å². The van der Waals surface area contributed by atoms with Crippen molar-refractivity contribution in [1.29, 1.82) is 0 Å². The van der Waals surface area contributed by atoms with E-state index in [0.717, 1.165) is 25.7 Å². The second-order valence-corrected chi connectivity index (χ2v) is 9.38. The topological polar surface area (TPSA) is 89.7 Å². The van der Waals surface area contributed by atoms with Gasteiger partial charge in [0.2, 0.25) is 12.1 Å². The van der Waals surface area contributed by atoms with E-state index in [1.165, 1.54) is 5.56 Å². The van der Waals surface area contributed by atoms with Gasteiger partial charge in [-0.25, -0.2) is 4.79 Å². The molecule has 0 heterocycles. The highest BCUT2D eigenvalue weighted by molar-refractivity contribution is 5.75. The number of aliphatic hydroxyl groups excluding tert-OH is 1. The van der Waals surface area contributed by atoms with Crippen LogP contribution in [0.4, 0.5) is 0 Å². The van der Waals surface area contributed by atoms with Crippen LogP contribution in [0.5, 0.6) is 0 Å². The lowest BCUT2D eigenvalue weighted by atomic mass is 9.64. The lowest BCUT2D eigenvalue weighted by Gasteiger charge is -2.44. The van der Waals surface area contributed by atoms with E-state index in [-0.39, 0.29) is 23.9 Å². The van der Waals surface area contributed by atoms with Gasteiger partial charge in [0.05, 0.1) is 0 Å². The van der Waals surface area contributed by atoms with Gasteiger partial charge in [-0.2, -0.15) is 0 Å². The third kappa shape index (κ3) is 6.03. The van der Waals surface area contributed by atoms with Crippen LogP contribution in [-0.4, -0.2) is 34.2 Å². The SMILES string of the molecule is CCCCC[C@H]([C@H](O)C(=O)O[C@@H]1C[C@H](C)CC[C@H]1C(C)(C)c1ccccc1)[N+](=O)[O-]. The summed E-state index contributed by atoms with van der Waals surface area (Å²) in [5, 5.41) is 21.9. The lowest BCUT2D eigenvalue weighted by Crippen LogP contribution is -2.47. The van der Waals surface area contributed by atoms with Crippen LogP contribution in [0.25, 0.3) is 0 Å². The number of nitro groups is 1. The highest BCUT2D eigenvalue weighted by atomic mass is 16.6. The molecule has 0 aromatic heterocycles. The van der Waals surface area contributed by atoms with Gasteiger partial charge >= 0.3 is 5.97 Å². The Kier molecular flexibility index (Phi) is 8.83. The number of ether oxygens (including phenoxy) is 1. The first-order chi connectivity index (χ1) is 14.2. The number of hydrogen-bond donors (Lipinski definition) is 1. The predicted octanol–water partition coefficient (Wildman–Crippen LogP) is 4.90. The van der Waals surface area contributed by atoms with Crippen molar-refractivity contribution >= 4 is 5.97 Å². The minimum absolute atomic E-state index is 0.0846. The van der Waals surface area contributed by atoms with E-state index >= 15 is 0 Å². The average molecular weight is 420 g/mol. The Morgan fingerprint density at radius 2 is 1.93 bits per heavy atom. The van der Waals surface area contributed by atoms with E-state index < -0.39 is 23.0 Å². The van der Waals surface area contributed by atoms with E-state index in [1.807, 2.05) is 25.1 Å². The molecule has 30 heavy (non-hydrogen) atoms. The summed E-state index contributed by atoms with van der Waals surface area (Å²) in [5.74, 6) is -0.374. The van der Waals surface area contributed by atoms with Crippen molar-refractivity contribution in [3.05, 3.63) is 46.0 Å². The summed E-state index contributed by atoms with van der Waals surface area (Å²) in [7, 11) is 0. The van der Waals surface area contributed by atoms with E-state index in [4.69, 9.17) is 4.74 Å². The number of rotatable bonds is 10. The van der Waals surface area contributed by atoms with Crippen molar-refractivity contribution in [1.82, 2.24) is 0 Å². The fourth-order valence-electron chi connectivity index (χ4n) is 4.72. The minimum Gasteiger partial charge on any atom is -0.460 e. The summed E-state index contributed by atoms with van der Waals surface area (Å²) in [5.41, 5.74) is 0.954. The van der Waals surface area contributed by atoms with E-state index in [1.54, 1.807) is 0 Å². The van der Waals surface area contributed by atoms with Crippen LogP contribution >= 0.6 is 0 Å². The van der Waals surface area contributed by atoms with Gasteiger partial charge in [-0.05, 0) is 36.2 Å². The van der Waals surface area contributed by atoms with Crippen LogP contribution in [0, 0.1) is 22.0 Å². The van der Waals surface area contributed by atoms with Crippen LogP contribution in [0.3, 0.4) is 0 Å². The van der Waals surface area contributed by atoms with E-state index in [9.17, 15) is 20.0 Å². The molecule has 1 saturated carbocycles. The number of carbonyl (C=O) groups excluding carboxylic acids is 1. The number of carbonyl (C=O) groups is 1. The summed E-state index contributed by atoms with van der Waals surface area (Å²) in [6.45, 7) is 8.45. The molecule has 5 atom stereocenters. The van der Waals surface area contributed by atoms with E-state index in [2.05, 4.69) is 32.9 Å².